The number of pyridine rings is 1. The van der Waals surface area contributed by atoms with Gasteiger partial charge in [0.1, 0.15) is 5.82 Å². The lowest BCUT2D eigenvalue weighted by Crippen LogP contribution is -2.26. The zero-order valence-corrected chi connectivity index (χ0v) is 10.1. The first-order valence-electron chi connectivity index (χ1n) is 6.03. The van der Waals surface area contributed by atoms with Crippen LogP contribution in [0.3, 0.4) is 0 Å². The highest BCUT2D eigenvalue weighted by atomic mass is 16.4. The van der Waals surface area contributed by atoms with Crippen molar-refractivity contribution < 1.29 is 14.7 Å². The summed E-state index contributed by atoms with van der Waals surface area (Å²) in [6.45, 7) is 0.194. The number of nitrogens with zero attached hydrogens (tertiary/aromatic N) is 2. The molecule has 19 heavy (non-hydrogen) atoms. The number of carboxylic acid groups (broad SMARTS) is 1. The van der Waals surface area contributed by atoms with Gasteiger partial charge in [-0.2, -0.15) is 0 Å². The van der Waals surface area contributed by atoms with E-state index in [4.69, 9.17) is 5.11 Å². The van der Waals surface area contributed by atoms with Crippen LogP contribution in [0.25, 0.3) is 10.8 Å². The van der Waals surface area contributed by atoms with E-state index in [1.54, 1.807) is 6.20 Å². The predicted octanol–water partition coefficient (Wildman–Crippen LogP) is 1.67. The third-order valence-corrected chi connectivity index (χ3v) is 3.37. The molecule has 1 aliphatic heterocycles. The van der Waals surface area contributed by atoms with Crippen molar-refractivity contribution in [1.29, 1.82) is 0 Å². The van der Waals surface area contributed by atoms with Crippen LogP contribution < -0.4 is 4.90 Å². The van der Waals surface area contributed by atoms with Crippen molar-refractivity contribution in [2.75, 3.05) is 11.4 Å². The summed E-state index contributed by atoms with van der Waals surface area (Å²) < 4.78 is 0. The molecule has 0 aliphatic carbocycles. The van der Waals surface area contributed by atoms with Gasteiger partial charge < -0.3 is 5.11 Å². The molecule has 3 rings (SSSR count). The van der Waals surface area contributed by atoms with Crippen LogP contribution in [0.15, 0.2) is 36.5 Å². The molecule has 5 nitrogen and oxygen atoms in total. The minimum atomic E-state index is -0.934. The first kappa shape index (κ1) is 11.6. The molecule has 1 atom stereocenters. The highest BCUT2D eigenvalue weighted by molar-refractivity contribution is 5.99. The number of carboxylic acids is 1. The molecule has 0 spiro atoms. The summed E-state index contributed by atoms with van der Waals surface area (Å²) in [7, 11) is 0. The largest absolute Gasteiger partial charge is 0.481 e. The number of amides is 1. The number of carbonyl (C=O) groups is 2. The molecule has 2 heterocycles. The van der Waals surface area contributed by atoms with Crippen molar-refractivity contribution in [3.8, 4) is 0 Å². The Morgan fingerprint density at radius 2 is 2.05 bits per heavy atom. The maximum Gasteiger partial charge on any atom is 0.308 e. The lowest BCUT2D eigenvalue weighted by molar-refractivity contribution is -0.141. The Morgan fingerprint density at radius 3 is 2.74 bits per heavy atom. The summed E-state index contributed by atoms with van der Waals surface area (Å²) in [5.41, 5.74) is 0. The van der Waals surface area contributed by atoms with Gasteiger partial charge in [0.15, 0.2) is 0 Å². The number of fused-ring (bicyclic) bond motifs is 1. The number of anilines is 1. The van der Waals surface area contributed by atoms with Crippen LogP contribution in [0, 0.1) is 5.92 Å². The van der Waals surface area contributed by atoms with Crippen LogP contribution in [0.1, 0.15) is 6.42 Å². The Morgan fingerprint density at radius 1 is 1.32 bits per heavy atom. The maximum atomic E-state index is 11.8. The first-order valence-corrected chi connectivity index (χ1v) is 6.03. The minimum Gasteiger partial charge on any atom is -0.481 e. The van der Waals surface area contributed by atoms with Crippen molar-refractivity contribution in [3.05, 3.63) is 36.5 Å². The number of aliphatic carboxylic acids is 1. The number of hydrogen-bond acceptors (Lipinski definition) is 3. The molecule has 1 amide bonds. The van der Waals surface area contributed by atoms with E-state index in [0.29, 0.717) is 5.82 Å². The van der Waals surface area contributed by atoms with E-state index in [9.17, 15) is 9.59 Å². The van der Waals surface area contributed by atoms with Crippen molar-refractivity contribution >= 4 is 28.5 Å². The summed E-state index contributed by atoms with van der Waals surface area (Å²) in [6.07, 6.45) is 1.75. The summed E-state index contributed by atoms with van der Waals surface area (Å²) in [6, 6.07) is 9.54. The van der Waals surface area contributed by atoms with E-state index in [0.717, 1.165) is 10.8 Å². The lowest BCUT2D eigenvalue weighted by atomic mass is 10.1. The van der Waals surface area contributed by atoms with Crippen LogP contribution in [0.5, 0.6) is 0 Å². The molecule has 2 aromatic rings. The molecule has 1 fully saturated rings. The SMILES string of the molecule is O=C(O)C1CC(=O)N(c2cc3ccccc3cn2)C1. The van der Waals surface area contributed by atoms with E-state index in [-0.39, 0.29) is 18.9 Å². The Labute approximate surface area is 109 Å². The summed E-state index contributed by atoms with van der Waals surface area (Å²) in [5, 5.41) is 10.9. The summed E-state index contributed by atoms with van der Waals surface area (Å²) >= 11 is 0. The molecule has 1 unspecified atom stereocenters. The Hall–Kier alpha value is -2.43. The maximum absolute atomic E-state index is 11.8. The second-order valence-corrected chi connectivity index (χ2v) is 4.63. The standard InChI is InChI=1S/C14H12N2O3/c17-13-6-11(14(18)19)8-16(13)12-5-9-3-1-2-4-10(9)7-15-12/h1-5,7,11H,6,8H2,(H,18,19). The number of benzene rings is 1. The van der Waals surface area contributed by atoms with Crippen LogP contribution in [-0.4, -0.2) is 28.5 Å². The molecule has 0 saturated carbocycles. The quantitative estimate of drug-likeness (QED) is 0.887. The fourth-order valence-corrected chi connectivity index (χ4v) is 2.31. The Balaban J connectivity index is 1.96. The second kappa shape index (κ2) is 4.35. The molecule has 1 N–H and O–H groups in total. The summed E-state index contributed by atoms with van der Waals surface area (Å²) in [4.78, 5) is 28.5. The van der Waals surface area contributed by atoms with Gasteiger partial charge in [0.05, 0.1) is 5.92 Å². The molecular formula is C14H12N2O3. The van der Waals surface area contributed by atoms with Crippen LogP contribution in [0.4, 0.5) is 5.82 Å². The van der Waals surface area contributed by atoms with Crippen molar-refractivity contribution in [3.63, 3.8) is 0 Å². The molecule has 5 heteroatoms. The van der Waals surface area contributed by atoms with Gasteiger partial charge in [-0.15, -0.1) is 0 Å². The Kier molecular flexibility index (Phi) is 2.67. The number of carbonyl (C=O) groups excluding carboxylic acids is 1. The zero-order valence-electron chi connectivity index (χ0n) is 10.1. The molecule has 0 bridgehead atoms. The monoisotopic (exact) mass is 256 g/mol. The van der Waals surface area contributed by atoms with Crippen molar-refractivity contribution in [2.24, 2.45) is 5.92 Å². The third kappa shape index (κ3) is 2.03. The number of aromatic nitrogens is 1. The van der Waals surface area contributed by atoms with Gasteiger partial charge in [-0.05, 0) is 11.5 Å². The average molecular weight is 256 g/mol. The van der Waals surface area contributed by atoms with E-state index in [1.807, 2.05) is 30.3 Å². The van der Waals surface area contributed by atoms with Crippen LogP contribution in [-0.2, 0) is 9.59 Å². The Bertz CT molecular complexity index is 669. The van der Waals surface area contributed by atoms with Crippen LogP contribution in [0.2, 0.25) is 0 Å². The van der Waals surface area contributed by atoms with Gasteiger partial charge in [0.25, 0.3) is 0 Å². The van der Waals surface area contributed by atoms with Crippen molar-refractivity contribution in [1.82, 2.24) is 4.98 Å². The second-order valence-electron chi connectivity index (χ2n) is 4.63. The molecule has 1 saturated heterocycles. The smallest absolute Gasteiger partial charge is 0.308 e. The predicted molar refractivity (Wildman–Crippen MR) is 69.8 cm³/mol. The van der Waals surface area contributed by atoms with E-state index in [2.05, 4.69) is 4.98 Å². The molecule has 0 radical (unpaired) electrons. The molecule has 1 aromatic heterocycles. The lowest BCUT2D eigenvalue weighted by Gasteiger charge is -2.15. The fraction of sp³-hybridized carbons (Fsp3) is 0.214. The molecular weight excluding hydrogens is 244 g/mol. The van der Waals surface area contributed by atoms with Crippen LogP contribution >= 0.6 is 0 Å². The van der Waals surface area contributed by atoms with Gasteiger partial charge in [0, 0.05) is 24.5 Å². The van der Waals surface area contributed by atoms with Crippen molar-refractivity contribution in [2.45, 2.75) is 6.42 Å². The molecule has 1 aromatic carbocycles. The average Bonchev–Trinajstić information content (AvgIpc) is 2.80. The van der Waals surface area contributed by atoms with Gasteiger partial charge in [-0.25, -0.2) is 4.98 Å². The number of hydrogen-bond donors (Lipinski definition) is 1. The topological polar surface area (TPSA) is 70.5 Å². The summed E-state index contributed by atoms with van der Waals surface area (Å²) in [5.74, 6) is -1.24. The van der Waals surface area contributed by atoms with E-state index >= 15 is 0 Å². The van der Waals surface area contributed by atoms with Gasteiger partial charge in [0.2, 0.25) is 5.91 Å². The third-order valence-electron chi connectivity index (χ3n) is 3.37. The zero-order chi connectivity index (χ0) is 13.4. The normalized spacial score (nSPS) is 19.1. The highest BCUT2D eigenvalue weighted by Crippen LogP contribution is 2.26. The number of rotatable bonds is 2. The van der Waals surface area contributed by atoms with E-state index < -0.39 is 11.9 Å². The molecule has 1 aliphatic rings. The molecule has 96 valence electrons. The first-order chi connectivity index (χ1) is 9.15. The van der Waals surface area contributed by atoms with Gasteiger partial charge >= 0.3 is 5.97 Å². The fourth-order valence-electron chi connectivity index (χ4n) is 2.31. The van der Waals surface area contributed by atoms with E-state index in [1.165, 1.54) is 4.90 Å². The minimum absolute atomic E-state index is 0.0455. The highest BCUT2D eigenvalue weighted by Gasteiger charge is 2.35. The van der Waals surface area contributed by atoms with Gasteiger partial charge in [-0.1, -0.05) is 24.3 Å². The van der Waals surface area contributed by atoms with Gasteiger partial charge in [-0.3, -0.25) is 14.5 Å².